The minimum atomic E-state index is -0.186. The van der Waals surface area contributed by atoms with Crippen molar-refractivity contribution in [3.63, 3.8) is 0 Å². The Bertz CT molecular complexity index is 963. The summed E-state index contributed by atoms with van der Waals surface area (Å²) in [5.41, 5.74) is 2.64. The van der Waals surface area contributed by atoms with Crippen LogP contribution in [0.4, 0.5) is 11.6 Å². The molecule has 0 aliphatic heterocycles. The number of anilines is 2. The molecule has 0 fully saturated rings. The van der Waals surface area contributed by atoms with Crippen molar-refractivity contribution >= 4 is 29.1 Å². The number of hydrogen-bond donors (Lipinski definition) is 2. The molecule has 1 amide bonds. The summed E-state index contributed by atoms with van der Waals surface area (Å²) in [6, 6.07) is 12.8. The van der Waals surface area contributed by atoms with Gasteiger partial charge in [-0.25, -0.2) is 9.97 Å². The van der Waals surface area contributed by atoms with Crippen LogP contribution in [-0.4, -0.2) is 26.9 Å². The fourth-order valence-electron chi connectivity index (χ4n) is 2.79. The van der Waals surface area contributed by atoms with Crippen molar-refractivity contribution in [2.45, 2.75) is 32.7 Å². The van der Waals surface area contributed by atoms with E-state index in [1.54, 1.807) is 36.7 Å². The smallest absolute Gasteiger partial charge is 0.270 e. The number of hydrogen-bond acceptors (Lipinski definition) is 5. The summed E-state index contributed by atoms with van der Waals surface area (Å²) >= 11 is 6.02. The third-order valence-electron chi connectivity index (χ3n) is 4.12. The molecule has 28 heavy (non-hydrogen) atoms. The van der Waals surface area contributed by atoms with Crippen LogP contribution in [0.5, 0.6) is 0 Å². The van der Waals surface area contributed by atoms with Crippen LogP contribution in [-0.2, 0) is 0 Å². The summed E-state index contributed by atoms with van der Waals surface area (Å²) in [6.07, 6.45) is 5.22. The molecule has 7 heteroatoms. The average Bonchev–Trinajstić information content (AvgIpc) is 2.68. The van der Waals surface area contributed by atoms with Gasteiger partial charge in [0.2, 0.25) is 5.95 Å². The highest BCUT2D eigenvalue weighted by atomic mass is 35.5. The summed E-state index contributed by atoms with van der Waals surface area (Å²) in [5, 5.41) is 6.72. The van der Waals surface area contributed by atoms with E-state index in [9.17, 15) is 4.79 Å². The maximum Gasteiger partial charge on any atom is 0.270 e. The molecule has 0 aliphatic rings. The maximum atomic E-state index is 12.4. The van der Waals surface area contributed by atoms with Crippen molar-refractivity contribution in [3.8, 4) is 11.3 Å². The molecule has 1 atom stereocenters. The number of carbonyl (C=O) groups is 1. The number of amides is 1. The van der Waals surface area contributed by atoms with E-state index in [0.717, 1.165) is 24.1 Å². The molecule has 0 saturated heterocycles. The number of nitrogens with zero attached hydrogens (tertiary/aromatic N) is 3. The van der Waals surface area contributed by atoms with Gasteiger partial charge in [-0.15, -0.1) is 0 Å². The molecule has 0 radical (unpaired) electrons. The minimum absolute atomic E-state index is 0.107. The zero-order valence-electron chi connectivity index (χ0n) is 15.8. The molecule has 2 N–H and O–H groups in total. The van der Waals surface area contributed by atoms with E-state index >= 15 is 0 Å². The van der Waals surface area contributed by atoms with Gasteiger partial charge < -0.3 is 10.6 Å². The van der Waals surface area contributed by atoms with Crippen LogP contribution in [0, 0.1) is 0 Å². The molecule has 2 aromatic heterocycles. The van der Waals surface area contributed by atoms with Gasteiger partial charge in [0.05, 0.1) is 5.69 Å². The van der Waals surface area contributed by atoms with E-state index in [1.807, 2.05) is 25.1 Å². The van der Waals surface area contributed by atoms with Gasteiger partial charge in [-0.2, -0.15) is 0 Å². The molecule has 1 aromatic carbocycles. The fourth-order valence-corrected chi connectivity index (χ4v) is 2.98. The standard InChI is InChI=1S/C21H22ClN5O/c1-3-5-14(2)25-20(28)19-12-15(8-10-23-19)18-9-11-24-21(27-18)26-17-7-4-6-16(22)13-17/h4,6-14H,3,5H2,1-2H3,(H,25,28)(H,24,26,27). The van der Waals surface area contributed by atoms with Crippen LogP contribution in [0.15, 0.2) is 54.9 Å². The third kappa shape index (κ3) is 5.27. The number of halogens is 1. The van der Waals surface area contributed by atoms with Gasteiger partial charge in [0.25, 0.3) is 5.91 Å². The minimum Gasteiger partial charge on any atom is -0.348 e. The number of aromatic nitrogens is 3. The molecule has 6 nitrogen and oxygen atoms in total. The SMILES string of the molecule is CCCC(C)NC(=O)c1cc(-c2ccnc(Nc3cccc(Cl)c3)n2)ccn1. The second-order valence-corrected chi connectivity index (χ2v) is 6.93. The van der Waals surface area contributed by atoms with E-state index < -0.39 is 0 Å². The van der Waals surface area contributed by atoms with Crippen molar-refractivity contribution in [1.82, 2.24) is 20.3 Å². The van der Waals surface area contributed by atoms with Gasteiger partial charge in [0.1, 0.15) is 5.69 Å². The lowest BCUT2D eigenvalue weighted by Crippen LogP contribution is -2.32. The molecule has 0 spiro atoms. The first-order chi connectivity index (χ1) is 13.5. The third-order valence-corrected chi connectivity index (χ3v) is 4.36. The number of carbonyl (C=O) groups excluding carboxylic acids is 1. The van der Waals surface area contributed by atoms with Crippen LogP contribution in [0.3, 0.4) is 0 Å². The Hall–Kier alpha value is -2.99. The van der Waals surface area contributed by atoms with E-state index in [1.165, 1.54) is 0 Å². The predicted octanol–water partition coefficient (Wildman–Crippen LogP) is 4.85. The Morgan fingerprint density at radius 2 is 1.96 bits per heavy atom. The van der Waals surface area contributed by atoms with Crippen LogP contribution in [0.25, 0.3) is 11.3 Å². The topological polar surface area (TPSA) is 79.8 Å². The van der Waals surface area contributed by atoms with E-state index in [-0.39, 0.29) is 11.9 Å². The van der Waals surface area contributed by atoms with Crippen molar-refractivity contribution in [2.24, 2.45) is 0 Å². The molecule has 0 saturated carbocycles. The first kappa shape index (κ1) is 19.8. The zero-order valence-corrected chi connectivity index (χ0v) is 16.6. The normalized spacial score (nSPS) is 11.7. The summed E-state index contributed by atoms with van der Waals surface area (Å²) in [4.78, 5) is 25.4. The van der Waals surface area contributed by atoms with Gasteiger partial charge >= 0.3 is 0 Å². The molecule has 2 heterocycles. The molecule has 0 bridgehead atoms. The van der Waals surface area contributed by atoms with Crippen LogP contribution in [0.2, 0.25) is 5.02 Å². The highest BCUT2D eigenvalue weighted by Gasteiger charge is 2.12. The van der Waals surface area contributed by atoms with Gasteiger partial charge in [-0.05, 0) is 49.7 Å². The average molecular weight is 396 g/mol. The first-order valence-electron chi connectivity index (χ1n) is 9.18. The van der Waals surface area contributed by atoms with Crippen LogP contribution in [0.1, 0.15) is 37.2 Å². The molecular weight excluding hydrogens is 374 g/mol. The largest absolute Gasteiger partial charge is 0.348 e. The van der Waals surface area contributed by atoms with Crippen molar-refractivity contribution in [1.29, 1.82) is 0 Å². The second kappa shape index (κ2) is 9.28. The molecule has 0 aliphatic carbocycles. The lowest BCUT2D eigenvalue weighted by molar-refractivity contribution is 0.0933. The summed E-state index contributed by atoms with van der Waals surface area (Å²) in [7, 11) is 0. The number of pyridine rings is 1. The fraction of sp³-hybridized carbons (Fsp3) is 0.238. The lowest BCUT2D eigenvalue weighted by atomic mass is 10.1. The van der Waals surface area contributed by atoms with E-state index in [2.05, 4.69) is 32.5 Å². The quantitative estimate of drug-likeness (QED) is 0.597. The van der Waals surface area contributed by atoms with Gasteiger partial charge in [0, 0.05) is 34.7 Å². The van der Waals surface area contributed by atoms with E-state index in [4.69, 9.17) is 11.6 Å². The number of rotatable bonds is 7. The maximum absolute atomic E-state index is 12.4. The Labute approximate surface area is 169 Å². The summed E-state index contributed by atoms with van der Waals surface area (Å²) in [5.74, 6) is 0.258. The van der Waals surface area contributed by atoms with Crippen molar-refractivity contribution < 1.29 is 4.79 Å². The van der Waals surface area contributed by atoms with Gasteiger partial charge in [-0.1, -0.05) is 31.0 Å². The van der Waals surface area contributed by atoms with Crippen LogP contribution < -0.4 is 10.6 Å². The molecular formula is C21H22ClN5O. The summed E-state index contributed by atoms with van der Waals surface area (Å²) < 4.78 is 0. The highest BCUT2D eigenvalue weighted by Crippen LogP contribution is 2.21. The predicted molar refractivity (Wildman–Crippen MR) is 112 cm³/mol. The van der Waals surface area contributed by atoms with E-state index in [0.29, 0.717) is 22.4 Å². The molecule has 3 aromatic rings. The first-order valence-corrected chi connectivity index (χ1v) is 9.56. The van der Waals surface area contributed by atoms with Crippen molar-refractivity contribution in [3.05, 3.63) is 65.6 Å². The van der Waals surface area contributed by atoms with Gasteiger partial charge in [-0.3, -0.25) is 9.78 Å². The molecule has 3 rings (SSSR count). The van der Waals surface area contributed by atoms with Crippen molar-refractivity contribution in [2.75, 3.05) is 5.32 Å². The second-order valence-electron chi connectivity index (χ2n) is 6.49. The lowest BCUT2D eigenvalue weighted by Gasteiger charge is -2.12. The Morgan fingerprint density at radius 1 is 1.14 bits per heavy atom. The van der Waals surface area contributed by atoms with Gasteiger partial charge in [0.15, 0.2) is 0 Å². The Morgan fingerprint density at radius 3 is 2.75 bits per heavy atom. The Kier molecular flexibility index (Phi) is 6.55. The van der Waals surface area contributed by atoms with Crippen LogP contribution >= 0.6 is 11.6 Å². The molecule has 1 unspecified atom stereocenters. The zero-order chi connectivity index (χ0) is 19.9. The Balaban J connectivity index is 1.79. The summed E-state index contributed by atoms with van der Waals surface area (Å²) in [6.45, 7) is 4.08. The highest BCUT2D eigenvalue weighted by molar-refractivity contribution is 6.30. The molecule has 144 valence electrons. The number of benzene rings is 1. The monoisotopic (exact) mass is 395 g/mol. The number of nitrogens with one attached hydrogen (secondary N) is 2.